The molecule has 25 heavy (non-hydrogen) atoms. The molecule has 0 amide bonds. The van der Waals surface area contributed by atoms with Gasteiger partial charge in [-0.05, 0) is 64.6 Å². The Hall–Kier alpha value is -1.20. The highest BCUT2D eigenvalue weighted by Crippen LogP contribution is 2.37. The monoisotopic (exact) mass is 348 g/mol. The Kier molecular flexibility index (Phi) is 6.11. The number of hydrogen-bond donors (Lipinski definition) is 0. The molecule has 1 heterocycles. The summed E-state index contributed by atoms with van der Waals surface area (Å²) in [7, 11) is -0.424. The van der Waals surface area contributed by atoms with E-state index in [4.69, 9.17) is 18.8 Å². The summed E-state index contributed by atoms with van der Waals surface area (Å²) < 4.78 is 24.3. The van der Waals surface area contributed by atoms with Crippen LogP contribution in [0.15, 0.2) is 18.2 Å². The fraction of sp³-hybridized carbons (Fsp3) is 0.700. The maximum atomic E-state index is 6.18. The molecule has 0 radical (unpaired) electrons. The van der Waals surface area contributed by atoms with Gasteiger partial charge in [-0.25, -0.2) is 0 Å². The average Bonchev–Trinajstić information content (AvgIpc) is 2.73. The first kappa shape index (κ1) is 20.1. The molecular formula is C20H33BO4. The van der Waals surface area contributed by atoms with Crippen molar-refractivity contribution in [2.45, 2.75) is 79.1 Å². The fourth-order valence-corrected chi connectivity index (χ4v) is 2.44. The van der Waals surface area contributed by atoms with Crippen LogP contribution in [0.1, 0.15) is 61.8 Å². The van der Waals surface area contributed by atoms with Crippen molar-refractivity contribution >= 4 is 12.6 Å². The van der Waals surface area contributed by atoms with E-state index in [1.165, 1.54) is 0 Å². The molecule has 5 heteroatoms. The van der Waals surface area contributed by atoms with Gasteiger partial charge in [-0.2, -0.15) is 0 Å². The fourth-order valence-electron chi connectivity index (χ4n) is 2.44. The number of hydrogen-bond acceptors (Lipinski definition) is 4. The Balaban J connectivity index is 2.29. The van der Waals surface area contributed by atoms with Crippen LogP contribution in [0.4, 0.5) is 0 Å². The molecule has 1 aromatic carbocycles. The van der Waals surface area contributed by atoms with Crippen molar-refractivity contribution in [1.82, 2.24) is 0 Å². The molecule has 1 aliphatic rings. The van der Waals surface area contributed by atoms with Gasteiger partial charge in [0.1, 0.15) is 11.5 Å². The number of benzene rings is 1. The molecule has 0 saturated carbocycles. The smallest absolute Gasteiger partial charge is 0.493 e. The molecule has 0 aromatic heterocycles. The maximum Gasteiger partial charge on any atom is 0.495 e. The van der Waals surface area contributed by atoms with Crippen LogP contribution in [0.3, 0.4) is 0 Å². The standard InChI is InChI=1S/C20H33BO4/c1-9-15(4)23-18-11-16(10-17(12-18)22-13-14(2)3)21-24-19(5,6)20(7,8)25-21/h10-12,14-15H,9,13H2,1-8H3/t15-/m0/s1. The van der Waals surface area contributed by atoms with Gasteiger partial charge >= 0.3 is 7.12 Å². The predicted octanol–water partition coefficient (Wildman–Crippen LogP) is 4.20. The first-order valence-corrected chi connectivity index (χ1v) is 9.34. The summed E-state index contributed by atoms with van der Waals surface area (Å²) in [4.78, 5) is 0. The van der Waals surface area contributed by atoms with Gasteiger partial charge in [-0.15, -0.1) is 0 Å². The molecule has 1 fully saturated rings. The summed E-state index contributed by atoms with van der Waals surface area (Å²) in [6, 6.07) is 5.94. The van der Waals surface area contributed by atoms with Crippen LogP contribution in [-0.2, 0) is 9.31 Å². The van der Waals surface area contributed by atoms with Crippen molar-refractivity contribution in [3.63, 3.8) is 0 Å². The second-order valence-electron chi connectivity index (χ2n) is 8.37. The van der Waals surface area contributed by atoms with E-state index in [2.05, 4.69) is 55.4 Å². The largest absolute Gasteiger partial charge is 0.495 e. The minimum absolute atomic E-state index is 0.145. The van der Waals surface area contributed by atoms with E-state index >= 15 is 0 Å². The Morgan fingerprint density at radius 3 is 2.04 bits per heavy atom. The Bertz CT molecular complexity index is 567. The number of ether oxygens (including phenoxy) is 2. The molecule has 0 N–H and O–H groups in total. The van der Waals surface area contributed by atoms with Crippen molar-refractivity contribution in [2.24, 2.45) is 5.92 Å². The van der Waals surface area contributed by atoms with Crippen LogP contribution in [0.25, 0.3) is 0 Å². The highest BCUT2D eigenvalue weighted by molar-refractivity contribution is 6.62. The predicted molar refractivity (Wildman–Crippen MR) is 103 cm³/mol. The summed E-state index contributed by atoms with van der Waals surface area (Å²) in [5, 5.41) is 0. The number of rotatable bonds is 7. The Morgan fingerprint density at radius 1 is 0.960 bits per heavy atom. The van der Waals surface area contributed by atoms with Crippen LogP contribution < -0.4 is 14.9 Å². The van der Waals surface area contributed by atoms with Crippen molar-refractivity contribution in [1.29, 1.82) is 0 Å². The molecule has 1 atom stereocenters. The zero-order valence-electron chi connectivity index (χ0n) is 17.0. The van der Waals surface area contributed by atoms with Gasteiger partial charge in [0.2, 0.25) is 0 Å². The van der Waals surface area contributed by atoms with Gasteiger partial charge < -0.3 is 18.8 Å². The summed E-state index contributed by atoms with van der Waals surface area (Å²) in [6.07, 6.45) is 1.09. The zero-order chi connectivity index (χ0) is 18.8. The third kappa shape index (κ3) is 4.92. The SMILES string of the molecule is CC[C@H](C)Oc1cc(OCC(C)C)cc(B2OC(C)(C)C(C)(C)O2)c1. The molecule has 0 aliphatic carbocycles. The highest BCUT2D eigenvalue weighted by Gasteiger charge is 2.51. The molecular weight excluding hydrogens is 315 g/mol. The molecule has 1 aromatic rings. The van der Waals surface area contributed by atoms with Crippen molar-refractivity contribution in [3.05, 3.63) is 18.2 Å². The molecule has 140 valence electrons. The van der Waals surface area contributed by atoms with Gasteiger partial charge in [-0.3, -0.25) is 0 Å². The van der Waals surface area contributed by atoms with E-state index in [0.29, 0.717) is 12.5 Å². The third-order valence-corrected chi connectivity index (χ3v) is 4.92. The van der Waals surface area contributed by atoms with E-state index in [-0.39, 0.29) is 17.3 Å². The van der Waals surface area contributed by atoms with Crippen LogP contribution in [0.2, 0.25) is 0 Å². The van der Waals surface area contributed by atoms with E-state index in [0.717, 1.165) is 23.4 Å². The van der Waals surface area contributed by atoms with Crippen LogP contribution >= 0.6 is 0 Å². The quantitative estimate of drug-likeness (QED) is 0.692. The highest BCUT2D eigenvalue weighted by atomic mass is 16.7. The van der Waals surface area contributed by atoms with Crippen molar-refractivity contribution in [3.8, 4) is 11.5 Å². The minimum Gasteiger partial charge on any atom is -0.493 e. The molecule has 2 rings (SSSR count). The van der Waals surface area contributed by atoms with Gasteiger partial charge in [0.25, 0.3) is 0 Å². The minimum atomic E-state index is -0.424. The lowest BCUT2D eigenvalue weighted by Crippen LogP contribution is -2.41. The molecule has 4 nitrogen and oxygen atoms in total. The van der Waals surface area contributed by atoms with Crippen LogP contribution in [-0.4, -0.2) is 31.0 Å². The Morgan fingerprint density at radius 2 is 1.52 bits per heavy atom. The normalized spacial score (nSPS) is 20.0. The first-order chi connectivity index (χ1) is 11.5. The summed E-state index contributed by atoms with van der Waals surface area (Å²) in [5.74, 6) is 2.04. The molecule has 0 bridgehead atoms. The van der Waals surface area contributed by atoms with Crippen molar-refractivity contribution < 1.29 is 18.8 Å². The third-order valence-electron chi connectivity index (χ3n) is 4.92. The molecule has 1 aliphatic heterocycles. The lowest BCUT2D eigenvalue weighted by Gasteiger charge is -2.32. The molecule has 1 saturated heterocycles. The van der Waals surface area contributed by atoms with Gasteiger partial charge in [0, 0.05) is 6.07 Å². The second kappa shape index (κ2) is 7.59. The lowest BCUT2D eigenvalue weighted by molar-refractivity contribution is 0.00578. The molecule has 0 unspecified atom stereocenters. The van der Waals surface area contributed by atoms with Crippen LogP contribution in [0, 0.1) is 5.92 Å². The van der Waals surface area contributed by atoms with Gasteiger partial charge in [-0.1, -0.05) is 20.8 Å². The zero-order valence-corrected chi connectivity index (χ0v) is 17.0. The van der Waals surface area contributed by atoms with Crippen molar-refractivity contribution in [2.75, 3.05) is 6.61 Å². The van der Waals surface area contributed by atoms with Gasteiger partial charge in [0.15, 0.2) is 0 Å². The molecule has 0 spiro atoms. The van der Waals surface area contributed by atoms with Crippen LogP contribution in [0.5, 0.6) is 11.5 Å². The average molecular weight is 348 g/mol. The summed E-state index contributed by atoms with van der Waals surface area (Å²) >= 11 is 0. The summed E-state index contributed by atoms with van der Waals surface area (Å²) in [5.41, 5.74) is 0.187. The first-order valence-electron chi connectivity index (χ1n) is 9.34. The Labute approximate surface area is 153 Å². The topological polar surface area (TPSA) is 36.9 Å². The second-order valence-corrected chi connectivity index (χ2v) is 8.37. The van der Waals surface area contributed by atoms with E-state index in [1.807, 2.05) is 18.2 Å². The van der Waals surface area contributed by atoms with E-state index in [9.17, 15) is 0 Å². The summed E-state index contributed by atoms with van der Waals surface area (Å²) in [6.45, 7) is 17.3. The van der Waals surface area contributed by atoms with Gasteiger partial charge in [0.05, 0.1) is 23.9 Å². The van der Waals surface area contributed by atoms with E-state index in [1.54, 1.807) is 0 Å². The van der Waals surface area contributed by atoms with E-state index < -0.39 is 7.12 Å². The lowest BCUT2D eigenvalue weighted by atomic mass is 9.79. The maximum absolute atomic E-state index is 6.18.